The number of hydrogen-bond acceptors (Lipinski definition) is 6. The molecule has 0 spiro atoms. The Labute approximate surface area is 479 Å². The monoisotopic (exact) mass is 1080 g/mol. The van der Waals surface area contributed by atoms with Gasteiger partial charge in [0.15, 0.2) is 6.10 Å². The maximum atomic E-state index is 12.8. The van der Waals surface area contributed by atoms with E-state index >= 15 is 0 Å². The van der Waals surface area contributed by atoms with E-state index in [0.717, 1.165) is 96.3 Å². The molecule has 0 N–H and O–H groups in total. The molecule has 450 valence electrons. The lowest BCUT2D eigenvalue weighted by Crippen LogP contribution is -2.30. The molecule has 1 unspecified atom stereocenters. The van der Waals surface area contributed by atoms with Crippen LogP contribution in [0.4, 0.5) is 0 Å². The summed E-state index contributed by atoms with van der Waals surface area (Å²) in [7, 11) is 0. The van der Waals surface area contributed by atoms with E-state index in [9.17, 15) is 14.4 Å². The van der Waals surface area contributed by atoms with E-state index in [2.05, 4.69) is 69.4 Å². The van der Waals surface area contributed by atoms with E-state index in [-0.39, 0.29) is 31.1 Å². The molecule has 0 aliphatic rings. The maximum Gasteiger partial charge on any atom is 0.306 e. The van der Waals surface area contributed by atoms with Crippen molar-refractivity contribution in [3.63, 3.8) is 0 Å². The lowest BCUT2D eigenvalue weighted by molar-refractivity contribution is -0.167. The standard InChI is InChI=1S/C71H130O6/c1-4-7-10-13-16-19-22-24-26-27-28-29-30-31-32-33-34-35-36-37-38-39-40-41-42-43-44-45-46-48-49-52-55-58-61-64-70(73)76-67-68(66-75-69(72)63-60-57-54-51-21-18-15-12-9-6-3)77-71(74)65-62-59-56-53-50-47-25-23-20-17-14-11-8-5-2/h12,14-15,17,23,25,27-28,68H,4-11,13,16,18-22,24,26,29-67H2,1-3H3/b15-12-,17-14-,25-23-,28-27-. The third-order valence-electron chi connectivity index (χ3n) is 15.3. The number of carbonyl (C=O) groups is 3. The third kappa shape index (κ3) is 64.1. The van der Waals surface area contributed by atoms with Gasteiger partial charge in [0.1, 0.15) is 13.2 Å². The van der Waals surface area contributed by atoms with Gasteiger partial charge in [-0.1, -0.05) is 307 Å². The summed E-state index contributed by atoms with van der Waals surface area (Å²) in [5.41, 5.74) is 0. The van der Waals surface area contributed by atoms with Crippen LogP contribution in [0.25, 0.3) is 0 Å². The largest absolute Gasteiger partial charge is 0.462 e. The number of esters is 3. The van der Waals surface area contributed by atoms with Crippen LogP contribution in [-0.4, -0.2) is 37.2 Å². The lowest BCUT2D eigenvalue weighted by Gasteiger charge is -2.18. The first kappa shape index (κ1) is 74.4. The summed E-state index contributed by atoms with van der Waals surface area (Å²) in [4.78, 5) is 38.1. The van der Waals surface area contributed by atoms with Crippen molar-refractivity contribution in [3.05, 3.63) is 48.6 Å². The number of unbranched alkanes of at least 4 members (excludes halogenated alkanes) is 44. The van der Waals surface area contributed by atoms with Gasteiger partial charge in [-0.25, -0.2) is 0 Å². The molecular formula is C71H130O6. The van der Waals surface area contributed by atoms with Crippen molar-refractivity contribution in [2.45, 2.75) is 374 Å². The molecule has 0 saturated heterocycles. The van der Waals surface area contributed by atoms with Crippen LogP contribution in [0, 0.1) is 0 Å². The minimum absolute atomic E-state index is 0.0782. The van der Waals surface area contributed by atoms with E-state index in [1.165, 1.54) is 231 Å². The highest BCUT2D eigenvalue weighted by Crippen LogP contribution is 2.18. The highest BCUT2D eigenvalue weighted by Gasteiger charge is 2.19. The Hall–Kier alpha value is -2.63. The number of hydrogen-bond donors (Lipinski definition) is 0. The molecule has 0 amide bonds. The van der Waals surface area contributed by atoms with E-state index in [1.807, 2.05) is 0 Å². The molecule has 6 nitrogen and oxygen atoms in total. The zero-order chi connectivity index (χ0) is 55.7. The first-order chi connectivity index (χ1) is 38.0. The minimum atomic E-state index is -0.781. The van der Waals surface area contributed by atoms with Gasteiger partial charge in [-0.2, -0.15) is 0 Å². The van der Waals surface area contributed by atoms with Gasteiger partial charge >= 0.3 is 17.9 Å². The molecule has 77 heavy (non-hydrogen) atoms. The third-order valence-corrected chi connectivity index (χ3v) is 15.3. The molecule has 0 bridgehead atoms. The fourth-order valence-electron chi connectivity index (χ4n) is 10.1. The van der Waals surface area contributed by atoms with Gasteiger partial charge in [-0.15, -0.1) is 0 Å². The van der Waals surface area contributed by atoms with Crippen LogP contribution in [0.2, 0.25) is 0 Å². The summed E-state index contributed by atoms with van der Waals surface area (Å²) in [5.74, 6) is -0.887. The molecule has 0 rings (SSSR count). The van der Waals surface area contributed by atoms with Gasteiger partial charge < -0.3 is 14.2 Å². The predicted molar refractivity (Wildman–Crippen MR) is 335 cm³/mol. The number of allylic oxidation sites excluding steroid dienone is 8. The minimum Gasteiger partial charge on any atom is -0.462 e. The number of rotatable bonds is 63. The zero-order valence-corrected chi connectivity index (χ0v) is 51.7. The smallest absolute Gasteiger partial charge is 0.306 e. The van der Waals surface area contributed by atoms with E-state index < -0.39 is 6.10 Å². The van der Waals surface area contributed by atoms with E-state index in [0.29, 0.717) is 19.3 Å². The molecule has 0 aliphatic carbocycles. The molecule has 0 heterocycles. The van der Waals surface area contributed by atoms with Gasteiger partial charge in [-0.3, -0.25) is 14.4 Å². The molecule has 0 saturated carbocycles. The zero-order valence-electron chi connectivity index (χ0n) is 51.7. The Bertz CT molecular complexity index is 1330. The van der Waals surface area contributed by atoms with E-state index in [4.69, 9.17) is 14.2 Å². The molecule has 0 aromatic rings. The second-order valence-corrected chi connectivity index (χ2v) is 23.1. The first-order valence-corrected chi connectivity index (χ1v) is 34.1. The van der Waals surface area contributed by atoms with Crippen LogP contribution < -0.4 is 0 Å². The molecule has 1 atom stereocenters. The van der Waals surface area contributed by atoms with Gasteiger partial charge in [0.2, 0.25) is 0 Å². The summed E-state index contributed by atoms with van der Waals surface area (Å²) < 4.78 is 16.9. The molecule has 0 radical (unpaired) electrons. The Kier molecular flexibility index (Phi) is 63.6. The van der Waals surface area contributed by atoms with Crippen molar-refractivity contribution in [2.75, 3.05) is 13.2 Å². The van der Waals surface area contributed by atoms with Gasteiger partial charge in [0.05, 0.1) is 0 Å². The van der Waals surface area contributed by atoms with Crippen molar-refractivity contribution in [1.82, 2.24) is 0 Å². The van der Waals surface area contributed by atoms with Crippen LogP contribution >= 0.6 is 0 Å². The molecule has 6 heteroatoms. The SMILES string of the molecule is CCC/C=C\CCCCCCCC(=O)OCC(COC(=O)CCCCCCCCCCCCCCCCCCCCCCCCC/C=C\CCCCCCCCCC)OC(=O)CCCCCCC/C=C\C/C=C\CCCC. The van der Waals surface area contributed by atoms with Gasteiger partial charge in [0.25, 0.3) is 0 Å². The van der Waals surface area contributed by atoms with Crippen molar-refractivity contribution in [2.24, 2.45) is 0 Å². The van der Waals surface area contributed by atoms with Crippen molar-refractivity contribution < 1.29 is 28.6 Å². The molecule has 0 aromatic heterocycles. The second kappa shape index (κ2) is 65.9. The van der Waals surface area contributed by atoms with Crippen molar-refractivity contribution in [1.29, 1.82) is 0 Å². The average molecular weight is 1080 g/mol. The van der Waals surface area contributed by atoms with Gasteiger partial charge in [-0.05, 0) is 89.9 Å². The van der Waals surface area contributed by atoms with Gasteiger partial charge in [0, 0.05) is 19.3 Å². The van der Waals surface area contributed by atoms with E-state index in [1.54, 1.807) is 0 Å². The van der Waals surface area contributed by atoms with Crippen LogP contribution in [0.3, 0.4) is 0 Å². The van der Waals surface area contributed by atoms with Crippen LogP contribution in [-0.2, 0) is 28.6 Å². The Morgan fingerprint density at radius 2 is 0.506 bits per heavy atom. The molecule has 0 fully saturated rings. The van der Waals surface area contributed by atoms with Crippen LogP contribution in [0.5, 0.6) is 0 Å². The predicted octanol–water partition coefficient (Wildman–Crippen LogP) is 23.3. The topological polar surface area (TPSA) is 78.9 Å². The summed E-state index contributed by atoms with van der Waals surface area (Å²) in [6.07, 6.45) is 83.2. The first-order valence-electron chi connectivity index (χ1n) is 34.1. The lowest BCUT2D eigenvalue weighted by atomic mass is 10.0. The normalized spacial score (nSPS) is 12.3. The fraction of sp³-hybridized carbons (Fsp3) is 0.845. The van der Waals surface area contributed by atoms with Crippen LogP contribution in [0.15, 0.2) is 48.6 Å². The van der Waals surface area contributed by atoms with Crippen LogP contribution in [0.1, 0.15) is 367 Å². The Morgan fingerprint density at radius 1 is 0.260 bits per heavy atom. The Morgan fingerprint density at radius 3 is 0.818 bits per heavy atom. The molecule has 0 aliphatic heterocycles. The highest BCUT2D eigenvalue weighted by atomic mass is 16.6. The summed E-state index contributed by atoms with van der Waals surface area (Å²) in [6.45, 7) is 6.56. The van der Waals surface area contributed by atoms with Crippen molar-refractivity contribution >= 4 is 17.9 Å². The quantitative estimate of drug-likeness (QED) is 0.0261. The summed E-state index contributed by atoms with van der Waals surface area (Å²) in [6, 6.07) is 0. The summed E-state index contributed by atoms with van der Waals surface area (Å²) >= 11 is 0. The summed E-state index contributed by atoms with van der Waals surface area (Å²) in [5, 5.41) is 0. The van der Waals surface area contributed by atoms with Crippen molar-refractivity contribution in [3.8, 4) is 0 Å². The highest BCUT2D eigenvalue weighted by molar-refractivity contribution is 5.71. The average Bonchev–Trinajstić information content (AvgIpc) is 3.43. The molecule has 0 aromatic carbocycles. The maximum absolute atomic E-state index is 12.8. The second-order valence-electron chi connectivity index (χ2n) is 23.1. The Balaban J connectivity index is 3.98. The fourth-order valence-corrected chi connectivity index (χ4v) is 10.1. The number of ether oxygens (including phenoxy) is 3. The number of carbonyl (C=O) groups excluding carboxylic acids is 3. The molecular weight excluding hydrogens is 949 g/mol.